The zero-order valence-electron chi connectivity index (χ0n) is 8.08. The molecule has 2 aromatic rings. The molecule has 0 aliphatic rings. The Morgan fingerprint density at radius 3 is 2.73 bits per heavy atom. The second kappa shape index (κ2) is 3.49. The summed E-state index contributed by atoms with van der Waals surface area (Å²) in [5.41, 5.74) is 6.53. The molecule has 0 radical (unpaired) electrons. The Hall–Kier alpha value is -2.24. The van der Waals surface area contributed by atoms with Crippen LogP contribution in [-0.4, -0.2) is 25.7 Å². The molecule has 0 saturated carbocycles. The number of nitrogens with zero attached hydrogens (tertiary/aromatic N) is 4. The van der Waals surface area contributed by atoms with Crippen LogP contribution in [0, 0.1) is 0 Å². The van der Waals surface area contributed by atoms with Crippen molar-refractivity contribution in [1.82, 2.24) is 19.7 Å². The second-order valence-electron chi connectivity index (χ2n) is 3.02. The third-order valence-corrected chi connectivity index (χ3v) is 1.91. The minimum atomic E-state index is -0.595. The smallest absolute Gasteiger partial charge is 0.269 e. The Bertz CT molecular complexity index is 505. The van der Waals surface area contributed by atoms with Crippen LogP contribution >= 0.6 is 0 Å². The monoisotopic (exact) mass is 203 g/mol. The van der Waals surface area contributed by atoms with Gasteiger partial charge >= 0.3 is 0 Å². The molecule has 0 unspecified atom stereocenters. The summed E-state index contributed by atoms with van der Waals surface area (Å²) in [4.78, 5) is 19.1. The molecular formula is C9H9N5O. The van der Waals surface area contributed by atoms with Crippen molar-refractivity contribution in [3.05, 3.63) is 30.5 Å². The molecule has 76 valence electrons. The van der Waals surface area contributed by atoms with Gasteiger partial charge in [0.15, 0.2) is 5.69 Å². The van der Waals surface area contributed by atoms with Crippen LogP contribution in [0.2, 0.25) is 0 Å². The second-order valence-corrected chi connectivity index (χ2v) is 3.02. The van der Waals surface area contributed by atoms with Crippen LogP contribution in [0.3, 0.4) is 0 Å². The number of rotatable bonds is 2. The number of aromatic nitrogens is 4. The summed E-state index contributed by atoms with van der Waals surface area (Å²) in [6, 6.07) is 0. The third kappa shape index (κ3) is 1.69. The van der Waals surface area contributed by atoms with E-state index in [1.54, 1.807) is 24.1 Å². The summed E-state index contributed by atoms with van der Waals surface area (Å²) < 4.78 is 1.62. The topological polar surface area (TPSA) is 86.7 Å². The molecule has 0 aliphatic heterocycles. The van der Waals surface area contributed by atoms with Gasteiger partial charge in [0.1, 0.15) is 5.69 Å². The van der Waals surface area contributed by atoms with E-state index in [2.05, 4.69) is 15.1 Å². The first kappa shape index (κ1) is 9.32. The first-order chi connectivity index (χ1) is 7.18. The molecule has 0 fully saturated rings. The highest BCUT2D eigenvalue weighted by atomic mass is 16.1. The zero-order chi connectivity index (χ0) is 10.8. The van der Waals surface area contributed by atoms with Crippen molar-refractivity contribution in [2.24, 2.45) is 12.8 Å². The van der Waals surface area contributed by atoms with E-state index in [-0.39, 0.29) is 5.69 Å². The first-order valence-corrected chi connectivity index (χ1v) is 4.28. The van der Waals surface area contributed by atoms with E-state index in [1.165, 1.54) is 12.4 Å². The van der Waals surface area contributed by atoms with Gasteiger partial charge in [-0.05, 0) is 0 Å². The highest BCUT2D eigenvalue weighted by Gasteiger charge is 2.13. The van der Waals surface area contributed by atoms with Gasteiger partial charge in [-0.25, -0.2) is 4.98 Å². The summed E-state index contributed by atoms with van der Waals surface area (Å²) in [5, 5.41) is 3.99. The highest BCUT2D eigenvalue weighted by Crippen LogP contribution is 2.17. The van der Waals surface area contributed by atoms with E-state index in [9.17, 15) is 4.79 Å². The Kier molecular flexibility index (Phi) is 2.17. The normalized spacial score (nSPS) is 10.2. The fourth-order valence-corrected chi connectivity index (χ4v) is 1.27. The van der Waals surface area contributed by atoms with Crippen LogP contribution in [0.25, 0.3) is 11.3 Å². The van der Waals surface area contributed by atoms with Crippen LogP contribution in [0.15, 0.2) is 24.8 Å². The lowest BCUT2D eigenvalue weighted by atomic mass is 10.2. The molecule has 0 saturated heterocycles. The van der Waals surface area contributed by atoms with Gasteiger partial charge in [0.2, 0.25) is 0 Å². The van der Waals surface area contributed by atoms with Crippen LogP contribution in [0.5, 0.6) is 0 Å². The van der Waals surface area contributed by atoms with Crippen LogP contribution in [0.1, 0.15) is 10.5 Å². The minimum absolute atomic E-state index is 0.158. The number of primary amides is 1. The largest absolute Gasteiger partial charge is 0.364 e. The lowest BCUT2D eigenvalue weighted by Crippen LogP contribution is -2.15. The maximum Gasteiger partial charge on any atom is 0.269 e. The van der Waals surface area contributed by atoms with Crippen LogP contribution in [-0.2, 0) is 7.05 Å². The molecular weight excluding hydrogens is 194 g/mol. The van der Waals surface area contributed by atoms with Crippen molar-refractivity contribution >= 4 is 5.91 Å². The molecule has 1 amide bonds. The number of aryl methyl sites for hydroxylation is 1. The maximum atomic E-state index is 11.1. The summed E-state index contributed by atoms with van der Waals surface area (Å²) in [5.74, 6) is -0.595. The average Bonchev–Trinajstić information content (AvgIpc) is 2.65. The third-order valence-electron chi connectivity index (χ3n) is 1.91. The molecule has 0 atom stereocenters. The molecule has 0 aliphatic carbocycles. The Morgan fingerprint density at radius 1 is 1.40 bits per heavy atom. The van der Waals surface area contributed by atoms with E-state index in [0.29, 0.717) is 5.69 Å². The van der Waals surface area contributed by atoms with Crippen molar-refractivity contribution in [3.63, 3.8) is 0 Å². The van der Waals surface area contributed by atoms with E-state index in [0.717, 1.165) is 5.56 Å². The van der Waals surface area contributed by atoms with Crippen LogP contribution < -0.4 is 5.73 Å². The molecule has 0 aromatic carbocycles. The van der Waals surface area contributed by atoms with Crippen molar-refractivity contribution in [1.29, 1.82) is 0 Å². The van der Waals surface area contributed by atoms with Gasteiger partial charge in [-0.2, -0.15) is 5.10 Å². The van der Waals surface area contributed by atoms with Gasteiger partial charge in [0.05, 0.1) is 6.20 Å². The van der Waals surface area contributed by atoms with Crippen LogP contribution in [0.4, 0.5) is 0 Å². The summed E-state index contributed by atoms with van der Waals surface area (Å²) in [6.07, 6.45) is 6.29. The van der Waals surface area contributed by atoms with E-state index >= 15 is 0 Å². The van der Waals surface area contributed by atoms with Gasteiger partial charge in [-0.1, -0.05) is 0 Å². The summed E-state index contributed by atoms with van der Waals surface area (Å²) >= 11 is 0. The summed E-state index contributed by atoms with van der Waals surface area (Å²) in [7, 11) is 1.78. The summed E-state index contributed by atoms with van der Waals surface area (Å²) in [6.45, 7) is 0. The van der Waals surface area contributed by atoms with Gasteiger partial charge in [0, 0.05) is 31.2 Å². The Morgan fingerprint density at radius 2 is 2.13 bits per heavy atom. The number of carbonyl (C=O) groups excluding carboxylic acids is 1. The zero-order valence-corrected chi connectivity index (χ0v) is 8.08. The van der Waals surface area contributed by atoms with Crippen molar-refractivity contribution in [2.75, 3.05) is 0 Å². The van der Waals surface area contributed by atoms with Crippen molar-refractivity contribution in [2.45, 2.75) is 0 Å². The van der Waals surface area contributed by atoms with Gasteiger partial charge in [0.25, 0.3) is 5.91 Å². The number of hydrogen-bond acceptors (Lipinski definition) is 4. The molecule has 15 heavy (non-hydrogen) atoms. The molecule has 0 bridgehead atoms. The molecule has 6 nitrogen and oxygen atoms in total. The average molecular weight is 203 g/mol. The van der Waals surface area contributed by atoms with Crippen molar-refractivity contribution < 1.29 is 4.79 Å². The quantitative estimate of drug-likeness (QED) is 0.742. The molecule has 2 N–H and O–H groups in total. The van der Waals surface area contributed by atoms with Gasteiger partial charge < -0.3 is 5.73 Å². The first-order valence-electron chi connectivity index (χ1n) is 4.28. The molecule has 0 spiro atoms. The SMILES string of the molecule is Cn1cc(-c2nccnc2C(N)=O)cn1. The lowest BCUT2D eigenvalue weighted by Gasteiger charge is -2.00. The van der Waals surface area contributed by atoms with Gasteiger partial charge in [-0.3, -0.25) is 14.5 Å². The number of amides is 1. The van der Waals surface area contributed by atoms with Gasteiger partial charge in [-0.15, -0.1) is 0 Å². The molecule has 2 aromatic heterocycles. The Balaban J connectivity index is 2.57. The van der Waals surface area contributed by atoms with Crippen molar-refractivity contribution in [3.8, 4) is 11.3 Å². The fraction of sp³-hybridized carbons (Fsp3) is 0.111. The lowest BCUT2D eigenvalue weighted by molar-refractivity contribution is 0.0996. The minimum Gasteiger partial charge on any atom is -0.364 e. The van der Waals surface area contributed by atoms with E-state index < -0.39 is 5.91 Å². The fourth-order valence-electron chi connectivity index (χ4n) is 1.27. The predicted octanol–water partition coefficient (Wildman–Crippen LogP) is -0.0240. The van der Waals surface area contributed by atoms with E-state index in [4.69, 9.17) is 5.73 Å². The molecule has 2 rings (SSSR count). The maximum absolute atomic E-state index is 11.1. The van der Waals surface area contributed by atoms with E-state index in [1.807, 2.05) is 0 Å². The standard InChI is InChI=1S/C9H9N5O/c1-14-5-6(4-13-14)7-8(9(10)15)12-3-2-11-7/h2-5H,1H3,(H2,10,15). The molecule has 6 heteroatoms. The number of hydrogen-bond donors (Lipinski definition) is 1. The highest BCUT2D eigenvalue weighted by molar-refractivity contribution is 5.96. The predicted molar refractivity (Wildman–Crippen MR) is 52.8 cm³/mol. The number of nitrogens with two attached hydrogens (primary N) is 1. The Labute approximate surface area is 85.8 Å². The number of carbonyl (C=O) groups is 1. The molecule has 2 heterocycles.